The fourth-order valence-corrected chi connectivity index (χ4v) is 0. The molecule has 0 aliphatic heterocycles. The lowest BCUT2D eigenvalue weighted by molar-refractivity contribution is -0.0440. The van der Waals surface area contributed by atoms with Crippen molar-refractivity contribution in [3.8, 4) is 0 Å². The first-order chi connectivity index (χ1) is 2.27. The second-order valence-corrected chi connectivity index (χ2v) is 1.08. The van der Waals surface area contributed by atoms with Gasteiger partial charge < -0.3 is 5.21 Å². The Balaban J connectivity index is 2.54. The van der Waals surface area contributed by atoms with Gasteiger partial charge in [-0.3, -0.25) is 0 Å². The van der Waals surface area contributed by atoms with Crippen LogP contribution in [0.15, 0.2) is 0 Å². The van der Waals surface area contributed by atoms with E-state index in [2.05, 4.69) is 12.6 Å². The van der Waals surface area contributed by atoms with Gasteiger partial charge in [0, 0.05) is 7.05 Å². The van der Waals surface area contributed by atoms with Crippen LogP contribution in [0.25, 0.3) is 0 Å². The summed E-state index contributed by atoms with van der Waals surface area (Å²) in [4.78, 5) is 0. The maximum Gasteiger partial charge on any atom is 0.0661 e. The minimum Gasteiger partial charge on any atom is -0.313 e. The lowest BCUT2D eigenvalue weighted by Crippen LogP contribution is -2.08. The highest BCUT2D eigenvalue weighted by molar-refractivity contribution is 7.80. The third-order valence-corrected chi connectivity index (χ3v) is 0.614. The quantitative estimate of drug-likeness (QED) is 0.275. The topological polar surface area (TPSA) is 23.5 Å². The Kier molecular flexibility index (Phi) is 2.64. The van der Waals surface area contributed by atoms with E-state index in [1.807, 2.05) is 0 Å². The molecule has 0 saturated heterocycles. The second kappa shape index (κ2) is 2.50. The highest BCUT2D eigenvalue weighted by atomic mass is 32.1. The van der Waals surface area contributed by atoms with E-state index in [0.717, 1.165) is 5.06 Å². The van der Waals surface area contributed by atoms with E-state index < -0.39 is 0 Å². The van der Waals surface area contributed by atoms with Crippen molar-refractivity contribution in [1.29, 1.82) is 0 Å². The molecule has 1 N–H and O–H groups in total. The van der Waals surface area contributed by atoms with Crippen molar-refractivity contribution in [2.45, 2.75) is 0 Å². The molecule has 0 unspecified atom stereocenters. The largest absolute Gasteiger partial charge is 0.313 e. The lowest BCUT2D eigenvalue weighted by atomic mass is 11.2. The summed E-state index contributed by atoms with van der Waals surface area (Å²) in [6, 6.07) is 0. The highest BCUT2D eigenvalue weighted by Crippen LogP contribution is 1.72. The van der Waals surface area contributed by atoms with Crippen molar-refractivity contribution in [3.63, 3.8) is 0 Å². The SMILES string of the molecule is CN(O)CS. The van der Waals surface area contributed by atoms with Crippen molar-refractivity contribution in [3.05, 3.63) is 0 Å². The summed E-state index contributed by atoms with van der Waals surface area (Å²) in [7, 11) is 1.53. The Labute approximate surface area is 36.8 Å². The van der Waals surface area contributed by atoms with E-state index in [9.17, 15) is 0 Å². The van der Waals surface area contributed by atoms with Crippen LogP contribution in [-0.4, -0.2) is 23.2 Å². The second-order valence-electron chi connectivity index (χ2n) is 0.799. The van der Waals surface area contributed by atoms with E-state index in [4.69, 9.17) is 5.21 Å². The van der Waals surface area contributed by atoms with Crippen LogP contribution in [0.4, 0.5) is 0 Å². The average Bonchev–Trinajstić information content (AvgIpc) is 1.38. The molecule has 3 heteroatoms. The first-order valence-corrected chi connectivity index (χ1v) is 1.91. The van der Waals surface area contributed by atoms with Crippen LogP contribution in [0.1, 0.15) is 0 Å². The van der Waals surface area contributed by atoms with E-state index >= 15 is 0 Å². The molecule has 0 aliphatic rings. The van der Waals surface area contributed by atoms with Gasteiger partial charge in [-0.25, -0.2) is 0 Å². The van der Waals surface area contributed by atoms with Crippen molar-refractivity contribution in [1.82, 2.24) is 5.06 Å². The summed E-state index contributed by atoms with van der Waals surface area (Å²) >= 11 is 3.69. The van der Waals surface area contributed by atoms with E-state index in [1.165, 1.54) is 7.05 Å². The molecule has 0 spiro atoms. The van der Waals surface area contributed by atoms with Gasteiger partial charge in [0.2, 0.25) is 0 Å². The molecule has 0 fully saturated rings. The molecule has 0 rings (SSSR count). The van der Waals surface area contributed by atoms with Crippen molar-refractivity contribution < 1.29 is 5.21 Å². The summed E-state index contributed by atoms with van der Waals surface area (Å²) in [5.41, 5.74) is 0. The lowest BCUT2D eigenvalue weighted by Gasteiger charge is -1.97. The first kappa shape index (κ1) is 5.27. The van der Waals surface area contributed by atoms with Gasteiger partial charge >= 0.3 is 0 Å². The van der Waals surface area contributed by atoms with Gasteiger partial charge in [0.05, 0.1) is 5.88 Å². The predicted molar refractivity (Wildman–Crippen MR) is 23.4 cm³/mol. The molecule has 0 aliphatic carbocycles. The molecule has 0 atom stereocenters. The Morgan fingerprint density at radius 3 is 2.20 bits per heavy atom. The standard InChI is InChI=1S/C2H7NOS/c1-3(4)2-5/h4-5H,2H2,1H3. The predicted octanol–water partition coefficient (Wildman–Crippen LogP) is 0.195. The molecular formula is C2H7NOS. The maximum atomic E-state index is 8.12. The average molecular weight is 93.2 g/mol. The molecule has 0 aromatic carbocycles. The van der Waals surface area contributed by atoms with Crippen molar-refractivity contribution in [2.75, 3.05) is 12.9 Å². The zero-order chi connectivity index (χ0) is 4.28. The van der Waals surface area contributed by atoms with Gasteiger partial charge in [-0.15, -0.1) is 0 Å². The van der Waals surface area contributed by atoms with Gasteiger partial charge in [-0.1, -0.05) is 0 Å². The normalized spacial score (nSPS) is 9.60. The summed E-state index contributed by atoms with van der Waals surface area (Å²) < 4.78 is 0. The fourth-order valence-electron chi connectivity index (χ4n) is 0. The number of nitrogens with zero attached hydrogens (tertiary/aromatic N) is 1. The monoisotopic (exact) mass is 93.0 g/mol. The smallest absolute Gasteiger partial charge is 0.0661 e. The molecule has 0 radical (unpaired) electrons. The summed E-state index contributed by atoms with van der Waals surface area (Å²) in [5.74, 6) is 0.389. The number of hydroxylamine groups is 2. The molecule has 0 saturated carbocycles. The molecule has 2 nitrogen and oxygen atoms in total. The van der Waals surface area contributed by atoms with Crippen LogP contribution in [-0.2, 0) is 0 Å². The molecule has 32 valence electrons. The summed E-state index contributed by atoms with van der Waals surface area (Å²) in [6.45, 7) is 0. The van der Waals surface area contributed by atoms with E-state index in [1.54, 1.807) is 0 Å². The number of hydrogen-bond donors (Lipinski definition) is 2. The summed E-state index contributed by atoms with van der Waals surface area (Å²) in [6.07, 6.45) is 0. The third kappa shape index (κ3) is 4.27. The van der Waals surface area contributed by atoms with Crippen LogP contribution in [0.3, 0.4) is 0 Å². The maximum absolute atomic E-state index is 8.12. The Bertz CT molecular complexity index is 23.6. The van der Waals surface area contributed by atoms with Crippen LogP contribution in [0.5, 0.6) is 0 Å². The van der Waals surface area contributed by atoms with Gasteiger partial charge in [0.1, 0.15) is 0 Å². The van der Waals surface area contributed by atoms with E-state index in [0.29, 0.717) is 5.88 Å². The molecule has 0 aromatic heterocycles. The zero-order valence-electron chi connectivity index (χ0n) is 3.05. The van der Waals surface area contributed by atoms with Crippen LogP contribution in [0, 0.1) is 0 Å². The van der Waals surface area contributed by atoms with E-state index in [-0.39, 0.29) is 0 Å². The van der Waals surface area contributed by atoms with Gasteiger partial charge in [-0.05, 0) is 0 Å². The summed E-state index contributed by atoms with van der Waals surface area (Å²) in [5, 5.41) is 9.11. The number of thiol groups is 1. The molecule has 0 heterocycles. The molecule has 5 heavy (non-hydrogen) atoms. The molecule has 0 amide bonds. The number of rotatable bonds is 1. The molecule has 0 aromatic rings. The van der Waals surface area contributed by atoms with Crippen molar-refractivity contribution in [2.24, 2.45) is 0 Å². The van der Waals surface area contributed by atoms with Gasteiger partial charge in [0.15, 0.2) is 0 Å². The molecular weight excluding hydrogens is 86.1 g/mol. The van der Waals surface area contributed by atoms with Gasteiger partial charge in [-0.2, -0.15) is 17.7 Å². The Morgan fingerprint density at radius 1 is 2.00 bits per heavy atom. The van der Waals surface area contributed by atoms with Crippen molar-refractivity contribution >= 4 is 12.6 Å². The molecule has 0 bridgehead atoms. The minimum atomic E-state index is 0.389. The van der Waals surface area contributed by atoms with Gasteiger partial charge in [0.25, 0.3) is 0 Å². The van der Waals surface area contributed by atoms with Crippen LogP contribution < -0.4 is 0 Å². The zero-order valence-corrected chi connectivity index (χ0v) is 3.94. The van der Waals surface area contributed by atoms with Crippen LogP contribution in [0.2, 0.25) is 0 Å². The number of hydrogen-bond acceptors (Lipinski definition) is 3. The first-order valence-electron chi connectivity index (χ1n) is 1.28. The highest BCUT2D eigenvalue weighted by Gasteiger charge is 1.75. The fraction of sp³-hybridized carbons (Fsp3) is 1.00. The minimum absolute atomic E-state index is 0.389. The Morgan fingerprint density at radius 2 is 2.20 bits per heavy atom. The Hall–Kier alpha value is 0.270. The third-order valence-electron chi connectivity index (χ3n) is 0.205. The van der Waals surface area contributed by atoms with Crippen LogP contribution >= 0.6 is 12.6 Å².